The van der Waals surface area contributed by atoms with Crippen LogP contribution in [0, 0.1) is 5.82 Å². The van der Waals surface area contributed by atoms with E-state index in [1.54, 1.807) is 51.9 Å². The predicted molar refractivity (Wildman–Crippen MR) is 98.5 cm³/mol. The summed E-state index contributed by atoms with van der Waals surface area (Å²) in [5, 5.41) is 4.65. The molecule has 0 radical (unpaired) electrons. The number of fused-ring (bicyclic) bond motifs is 1. The van der Waals surface area contributed by atoms with E-state index in [-0.39, 0.29) is 17.4 Å². The van der Waals surface area contributed by atoms with Crippen LogP contribution in [0.5, 0.6) is 0 Å². The van der Waals surface area contributed by atoms with Crippen molar-refractivity contribution in [2.75, 3.05) is 0 Å². The van der Waals surface area contributed by atoms with Gasteiger partial charge in [0.25, 0.3) is 5.56 Å². The highest BCUT2D eigenvalue weighted by atomic mass is 19.1. The monoisotopic (exact) mass is 348 g/mol. The molecular formula is C20H17FN4O. The summed E-state index contributed by atoms with van der Waals surface area (Å²) in [4.78, 5) is 16.3. The Bertz CT molecular complexity index is 1140. The molecule has 0 aliphatic heterocycles. The molecule has 0 aliphatic carbocycles. The third-order valence-corrected chi connectivity index (χ3v) is 4.34. The summed E-state index contributed by atoms with van der Waals surface area (Å²) in [6.45, 7) is 3.92. The lowest BCUT2D eigenvalue weighted by Crippen LogP contribution is -2.20. The minimum Gasteiger partial charge on any atom is -0.312 e. The molecule has 1 aromatic carbocycles. The van der Waals surface area contributed by atoms with Gasteiger partial charge in [0.2, 0.25) is 0 Å². The Labute approximate surface area is 149 Å². The van der Waals surface area contributed by atoms with E-state index >= 15 is 0 Å². The fourth-order valence-corrected chi connectivity index (χ4v) is 3.05. The number of nitrogens with zero attached hydrogens (tertiary/aromatic N) is 4. The van der Waals surface area contributed by atoms with Crippen LogP contribution in [0.15, 0.2) is 66.0 Å². The fourth-order valence-electron chi connectivity index (χ4n) is 3.05. The summed E-state index contributed by atoms with van der Waals surface area (Å²) in [7, 11) is 0. The maximum absolute atomic E-state index is 13.3. The van der Waals surface area contributed by atoms with Gasteiger partial charge in [0.05, 0.1) is 11.7 Å². The second-order valence-corrected chi connectivity index (χ2v) is 6.39. The molecule has 26 heavy (non-hydrogen) atoms. The van der Waals surface area contributed by atoms with E-state index in [1.165, 1.54) is 12.1 Å². The fraction of sp³-hybridized carbons (Fsp3) is 0.150. The molecule has 130 valence electrons. The Morgan fingerprint density at radius 1 is 1.04 bits per heavy atom. The first kappa shape index (κ1) is 16.2. The molecule has 0 N–H and O–H groups in total. The minimum absolute atomic E-state index is 0.0386. The Kier molecular flexibility index (Phi) is 3.88. The van der Waals surface area contributed by atoms with E-state index in [1.807, 2.05) is 20.0 Å². The van der Waals surface area contributed by atoms with Crippen molar-refractivity contribution in [1.82, 2.24) is 19.2 Å². The van der Waals surface area contributed by atoms with Crippen LogP contribution in [0.3, 0.4) is 0 Å². The van der Waals surface area contributed by atoms with E-state index in [9.17, 15) is 9.18 Å². The molecule has 0 atom stereocenters. The third-order valence-electron chi connectivity index (χ3n) is 4.34. The Balaban J connectivity index is 2.02. The number of rotatable bonds is 3. The molecule has 5 nitrogen and oxygen atoms in total. The molecule has 0 aliphatic rings. The lowest BCUT2D eigenvalue weighted by atomic mass is 10.0. The normalized spacial score (nSPS) is 11.4. The number of aromatic nitrogens is 4. The second-order valence-electron chi connectivity index (χ2n) is 6.39. The predicted octanol–water partition coefficient (Wildman–Crippen LogP) is 3.95. The first-order valence-corrected chi connectivity index (χ1v) is 8.35. The average molecular weight is 348 g/mol. The van der Waals surface area contributed by atoms with E-state index in [4.69, 9.17) is 0 Å². The number of halogens is 1. The molecule has 0 amide bonds. The van der Waals surface area contributed by atoms with Gasteiger partial charge in [-0.15, -0.1) is 0 Å². The Morgan fingerprint density at radius 2 is 1.77 bits per heavy atom. The van der Waals surface area contributed by atoms with Crippen LogP contribution < -0.4 is 5.56 Å². The van der Waals surface area contributed by atoms with Crippen LogP contribution >= 0.6 is 0 Å². The van der Waals surface area contributed by atoms with Crippen molar-refractivity contribution in [3.8, 4) is 22.4 Å². The van der Waals surface area contributed by atoms with Crippen molar-refractivity contribution >= 4 is 5.52 Å². The van der Waals surface area contributed by atoms with Gasteiger partial charge in [-0.2, -0.15) is 5.10 Å². The van der Waals surface area contributed by atoms with Crippen molar-refractivity contribution in [2.24, 2.45) is 0 Å². The molecule has 3 aromatic heterocycles. The molecule has 0 saturated carbocycles. The quantitative estimate of drug-likeness (QED) is 0.563. The van der Waals surface area contributed by atoms with Crippen LogP contribution in [0.2, 0.25) is 0 Å². The summed E-state index contributed by atoms with van der Waals surface area (Å²) >= 11 is 0. The van der Waals surface area contributed by atoms with Gasteiger partial charge in [0.15, 0.2) is 0 Å². The van der Waals surface area contributed by atoms with Gasteiger partial charge in [-0.3, -0.25) is 9.78 Å². The van der Waals surface area contributed by atoms with Crippen molar-refractivity contribution in [3.05, 3.63) is 77.4 Å². The Morgan fingerprint density at radius 3 is 2.50 bits per heavy atom. The Hall–Kier alpha value is -3.28. The lowest BCUT2D eigenvalue weighted by molar-refractivity contribution is 0.579. The van der Waals surface area contributed by atoms with Gasteiger partial charge >= 0.3 is 0 Å². The summed E-state index contributed by atoms with van der Waals surface area (Å²) in [5.41, 5.74) is 4.00. The molecule has 0 bridgehead atoms. The van der Waals surface area contributed by atoms with E-state index in [2.05, 4.69) is 10.1 Å². The summed E-state index contributed by atoms with van der Waals surface area (Å²) in [5.74, 6) is -0.297. The van der Waals surface area contributed by atoms with Crippen molar-refractivity contribution in [3.63, 3.8) is 0 Å². The SMILES string of the molecule is CC(C)n1cc(-c2c(-c3ccc(F)cc3)nn3ccncc23)ccc1=O. The number of hydrogen-bond donors (Lipinski definition) is 0. The van der Waals surface area contributed by atoms with Gasteiger partial charge in [-0.25, -0.2) is 8.91 Å². The second kappa shape index (κ2) is 6.22. The van der Waals surface area contributed by atoms with Crippen LogP contribution in [-0.2, 0) is 0 Å². The first-order chi connectivity index (χ1) is 12.5. The van der Waals surface area contributed by atoms with Gasteiger partial charge in [0, 0.05) is 47.4 Å². The number of pyridine rings is 1. The van der Waals surface area contributed by atoms with Crippen LogP contribution in [0.25, 0.3) is 27.9 Å². The van der Waals surface area contributed by atoms with Gasteiger partial charge in [0.1, 0.15) is 11.5 Å². The lowest BCUT2D eigenvalue weighted by Gasteiger charge is -2.12. The van der Waals surface area contributed by atoms with Crippen LogP contribution in [-0.4, -0.2) is 19.2 Å². The minimum atomic E-state index is -0.297. The van der Waals surface area contributed by atoms with E-state index in [0.29, 0.717) is 5.69 Å². The zero-order valence-corrected chi connectivity index (χ0v) is 14.4. The topological polar surface area (TPSA) is 52.2 Å². The van der Waals surface area contributed by atoms with Crippen molar-refractivity contribution < 1.29 is 4.39 Å². The summed E-state index contributed by atoms with van der Waals surface area (Å²) < 4.78 is 16.8. The first-order valence-electron chi connectivity index (χ1n) is 8.35. The largest absolute Gasteiger partial charge is 0.312 e. The van der Waals surface area contributed by atoms with Crippen LogP contribution in [0.4, 0.5) is 4.39 Å². The smallest absolute Gasteiger partial charge is 0.250 e. The number of benzene rings is 1. The molecule has 0 saturated heterocycles. The highest BCUT2D eigenvalue weighted by molar-refractivity contribution is 5.91. The van der Waals surface area contributed by atoms with Gasteiger partial charge in [-0.05, 0) is 44.2 Å². The number of hydrogen-bond acceptors (Lipinski definition) is 3. The van der Waals surface area contributed by atoms with Gasteiger partial charge in [-0.1, -0.05) is 0 Å². The van der Waals surface area contributed by atoms with E-state index < -0.39 is 0 Å². The van der Waals surface area contributed by atoms with Crippen LogP contribution in [0.1, 0.15) is 19.9 Å². The summed E-state index contributed by atoms with van der Waals surface area (Å²) in [6, 6.07) is 9.62. The molecule has 0 spiro atoms. The molecule has 4 rings (SSSR count). The molecule has 0 fully saturated rings. The molecule has 6 heteroatoms. The molecule has 3 heterocycles. The van der Waals surface area contributed by atoms with E-state index in [0.717, 1.165) is 22.2 Å². The molecule has 4 aromatic rings. The van der Waals surface area contributed by atoms with Crippen molar-refractivity contribution in [1.29, 1.82) is 0 Å². The highest BCUT2D eigenvalue weighted by Gasteiger charge is 2.17. The molecular weight excluding hydrogens is 331 g/mol. The molecule has 0 unspecified atom stereocenters. The van der Waals surface area contributed by atoms with Crippen molar-refractivity contribution in [2.45, 2.75) is 19.9 Å². The van der Waals surface area contributed by atoms with Gasteiger partial charge < -0.3 is 4.57 Å². The maximum Gasteiger partial charge on any atom is 0.250 e. The third kappa shape index (κ3) is 2.69. The average Bonchev–Trinajstić information content (AvgIpc) is 3.02. The zero-order chi connectivity index (χ0) is 18.3. The standard InChI is InChI=1S/C20H17FN4O/c1-13(2)24-12-15(5-8-18(24)26)19-17-11-22-9-10-25(17)23-20(19)14-3-6-16(21)7-4-14/h3-13H,1-2H3. The maximum atomic E-state index is 13.3. The zero-order valence-electron chi connectivity index (χ0n) is 14.4. The summed E-state index contributed by atoms with van der Waals surface area (Å²) in [6.07, 6.45) is 7.00. The highest BCUT2D eigenvalue weighted by Crippen LogP contribution is 2.34.